The van der Waals surface area contributed by atoms with Crippen molar-refractivity contribution in [1.82, 2.24) is 24.7 Å². The Morgan fingerprint density at radius 1 is 1.29 bits per heavy atom. The molecule has 2 heterocycles. The summed E-state index contributed by atoms with van der Waals surface area (Å²) in [5.41, 5.74) is 1.14. The van der Waals surface area contributed by atoms with Gasteiger partial charge in [0.25, 0.3) is 0 Å². The molecule has 124 valence electrons. The van der Waals surface area contributed by atoms with Crippen LogP contribution in [0.1, 0.15) is 11.5 Å². The van der Waals surface area contributed by atoms with Crippen LogP contribution < -0.4 is 11.0 Å². The van der Waals surface area contributed by atoms with Crippen LogP contribution in [-0.4, -0.2) is 36.4 Å². The number of para-hydroxylation sites is 1. The molecule has 2 aromatic heterocycles. The lowest BCUT2D eigenvalue weighted by Crippen LogP contribution is -2.16. The molecule has 0 unspecified atom stereocenters. The third kappa shape index (κ3) is 3.27. The molecule has 0 atom stereocenters. The molecule has 0 amide bonds. The molecule has 0 aliphatic rings. The van der Waals surface area contributed by atoms with E-state index in [1.54, 1.807) is 25.2 Å². The zero-order chi connectivity index (χ0) is 17.1. The van der Waals surface area contributed by atoms with Gasteiger partial charge in [-0.2, -0.15) is 5.10 Å². The molecule has 3 N–H and O–H groups in total. The number of phenols is 1. The first-order valence-electron chi connectivity index (χ1n) is 7.53. The standard InChI is InChI=1S/C16H18N6O2/c1-10-9-13(17-8-7-14-20-21-16(24)22(14)2)19-15(18-10)11-5-3-4-6-12(11)23/h3-6,9,23H,7-8H2,1-2H3,(H,21,24)(H,17,18,19). The van der Waals surface area contributed by atoms with Gasteiger partial charge in [-0.1, -0.05) is 12.1 Å². The van der Waals surface area contributed by atoms with E-state index in [0.29, 0.717) is 36.0 Å². The highest BCUT2D eigenvalue weighted by Crippen LogP contribution is 2.26. The quantitative estimate of drug-likeness (QED) is 0.651. The summed E-state index contributed by atoms with van der Waals surface area (Å²) in [5.74, 6) is 1.92. The molecule has 0 aliphatic carbocycles. The van der Waals surface area contributed by atoms with E-state index in [9.17, 15) is 9.90 Å². The highest BCUT2D eigenvalue weighted by atomic mass is 16.3. The minimum absolute atomic E-state index is 0.139. The van der Waals surface area contributed by atoms with Gasteiger partial charge in [0.15, 0.2) is 5.82 Å². The van der Waals surface area contributed by atoms with Crippen molar-refractivity contribution in [3.05, 3.63) is 52.3 Å². The average Bonchev–Trinajstić information content (AvgIpc) is 2.87. The summed E-state index contributed by atoms with van der Waals surface area (Å²) in [7, 11) is 1.67. The topological polar surface area (TPSA) is 109 Å². The van der Waals surface area contributed by atoms with Crippen molar-refractivity contribution < 1.29 is 5.11 Å². The number of aromatic hydroxyl groups is 1. The maximum atomic E-state index is 11.3. The fourth-order valence-electron chi connectivity index (χ4n) is 2.35. The molecule has 0 bridgehead atoms. The van der Waals surface area contributed by atoms with Gasteiger partial charge in [-0.15, -0.1) is 0 Å². The smallest absolute Gasteiger partial charge is 0.343 e. The molecule has 0 fully saturated rings. The van der Waals surface area contributed by atoms with Gasteiger partial charge in [0.2, 0.25) is 0 Å². The van der Waals surface area contributed by atoms with Gasteiger partial charge in [0, 0.05) is 31.8 Å². The first-order valence-corrected chi connectivity index (χ1v) is 7.53. The number of hydrogen-bond donors (Lipinski definition) is 3. The van der Waals surface area contributed by atoms with Crippen LogP contribution in [0, 0.1) is 6.92 Å². The lowest BCUT2D eigenvalue weighted by molar-refractivity contribution is 0.477. The van der Waals surface area contributed by atoms with Gasteiger partial charge >= 0.3 is 5.69 Å². The molecular weight excluding hydrogens is 308 g/mol. The van der Waals surface area contributed by atoms with Gasteiger partial charge in [0.1, 0.15) is 17.4 Å². The lowest BCUT2D eigenvalue weighted by atomic mass is 10.2. The van der Waals surface area contributed by atoms with E-state index in [1.807, 2.05) is 19.1 Å². The Labute approximate surface area is 138 Å². The molecule has 3 rings (SSSR count). The Balaban J connectivity index is 1.76. The SMILES string of the molecule is Cc1cc(NCCc2n[nH]c(=O)n2C)nc(-c2ccccc2O)n1. The third-order valence-electron chi connectivity index (χ3n) is 3.63. The van der Waals surface area contributed by atoms with Crippen LogP contribution in [0.2, 0.25) is 0 Å². The van der Waals surface area contributed by atoms with Crippen molar-refractivity contribution in [2.24, 2.45) is 7.05 Å². The van der Waals surface area contributed by atoms with Crippen LogP contribution in [0.4, 0.5) is 5.82 Å². The van der Waals surface area contributed by atoms with E-state index in [2.05, 4.69) is 25.5 Å². The number of rotatable bonds is 5. The second-order valence-electron chi connectivity index (χ2n) is 5.42. The summed E-state index contributed by atoms with van der Waals surface area (Å²) >= 11 is 0. The predicted octanol–water partition coefficient (Wildman–Crippen LogP) is 1.23. The molecule has 1 aromatic carbocycles. The van der Waals surface area contributed by atoms with Crippen LogP contribution >= 0.6 is 0 Å². The monoisotopic (exact) mass is 326 g/mol. The van der Waals surface area contributed by atoms with Crippen molar-refractivity contribution in [1.29, 1.82) is 0 Å². The largest absolute Gasteiger partial charge is 0.507 e. The number of aryl methyl sites for hydroxylation is 1. The van der Waals surface area contributed by atoms with E-state index in [4.69, 9.17) is 0 Å². The van der Waals surface area contributed by atoms with Gasteiger partial charge < -0.3 is 10.4 Å². The van der Waals surface area contributed by atoms with Gasteiger partial charge in [-0.05, 0) is 19.1 Å². The zero-order valence-electron chi connectivity index (χ0n) is 13.4. The molecule has 3 aromatic rings. The number of phenolic OH excluding ortho intramolecular Hbond substituents is 1. The number of hydrogen-bond acceptors (Lipinski definition) is 6. The number of aromatic nitrogens is 5. The fraction of sp³-hybridized carbons (Fsp3) is 0.250. The summed E-state index contributed by atoms with van der Waals surface area (Å²) in [4.78, 5) is 20.2. The lowest BCUT2D eigenvalue weighted by Gasteiger charge is -2.09. The van der Waals surface area contributed by atoms with E-state index in [1.165, 1.54) is 4.57 Å². The maximum Gasteiger partial charge on any atom is 0.343 e. The van der Waals surface area contributed by atoms with Gasteiger partial charge in [-0.3, -0.25) is 4.57 Å². The second-order valence-corrected chi connectivity index (χ2v) is 5.42. The van der Waals surface area contributed by atoms with Crippen LogP contribution in [0.3, 0.4) is 0 Å². The zero-order valence-corrected chi connectivity index (χ0v) is 13.4. The number of aromatic amines is 1. The molecule has 0 spiro atoms. The maximum absolute atomic E-state index is 11.3. The van der Waals surface area contributed by atoms with Gasteiger partial charge in [-0.25, -0.2) is 19.9 Å². The minimum atomic E-state index is -0.232. The van der Waals surface area contributed by atoms with Crippen molar-refractivity contribution >= 4 is 5.82 Å². The van der Waals surface area contributed by atoms with E-state index < -0.39 is 0 Å². The summed E-state index contributed by atoms with van der Waals surface area (Å²) in [6.07, 6.45) is 0.574. The molecule has 0 aliphatic heterocycles. The summed E-state index contributed by atoms with van der Waals surface area (Å²) in [6.45, 7) is 2.43. The van der Waals surface area contributed by atoms with Crippen molar-refractivity contribution in [3.8, 4) is 17.1 Å². The van der Waals surface area contributed by atoms with Crippen LogP contribution in [0.25, 0.3) is 11.4 Å². The summed E-state index contributed by atoms with van der Waals surface area (Å²) in [6, 6.07) is 8.78. The third-order valence-corrected chi connectivity index (χ3v) is 3.63. The first kappa shape index (κ1) is 15.7. The van der Waals surface area contributed by atoms with E-state index in [0.717, 1.165) is 5.69 Å². The van der Waals surface area contributed by atoms with Gasteiger partial charge in [0.05, 0.1) is 5.56 Å². The van der Waals surface area contributed by atoms with Crippen LogP contribution in [0.15, 0.2) is 35.1 Å². The molecule has 24 heavy (non-hydrogen) atoms. The number of nitrogens with zero attached hydrogens (tertiary/aromatic N) is 4. The number of anilines is 1. The van der Waals surface area contributed by atoms with Crippen molar-refractivity contribution in [3.63, 3.8) is 0 Å². The molecular formula is C16H18N6O2. The Bertz CT molecular complexity index is 915. The second kappa shape index (κ2) is 6.53. The molecule has 8 heteroatoms. The molecule has 0 saturated carbocycles. The summed E-state index contributed by atoms with van der Waals surface area (Å²) < 4.78 is 1.47. The Kier molecular flexibility index (Phi) is 4.28. The minimum Gasteiger partial charge on any atom is -0.507 e. The van der Waals surface area contributed by atoms with Crippen molar-refractivity contribution in [2.45, 2.75) is 13.3 Å². The summed E-state index contributed by atoms with van der Waals surface area (Å²) in [5, 5.41) is 19.5. The normalized spacial score (nSPS) is 10.8. The number of H-pyrrole nitrogens is 1. The first-order chi connectivity index (χ1) is 11.5. The highest BCUT2D eigenvalue weighted by molar-refractivity contribution is 5.64. The molecule has 0 saturated heterocycles. The fourth-order valence-corrected chi connectivity index (χ4v) is 2.35. The van der Waals surface area contributed by atoms with Crippen LogP contribution in [0.5, 0.6) is 5.75 Å². The number of benzene rings is 1. The average molecular weight is 326 g/mol. The van der Waals surface area contributed by atoms with Crippen molar-refractivity contribution in [2.75, 3.05) is 11.9 Å². The Hall–Kier alpha value is -3.16. The Morgan fingerprint density at radius 2 is 2.08 bits per heavy atom. The Morgan fingerprint density at radius 3 is 2.79 bits per heavy atom. The van der Waals surface area contributed by atoms with E-state index >= 15 is 0 Å². The highest BCUT2D eigenvalue weighted by Gasteiger charge is 2.09. The number of nitrogens with one attached hydrogen (secondary N) is 2. The predicted molar refractivity (Wildman–Crippen MR) is 89.9 cm³/mol. The molecule has 0 radical (unpaired) electrons. The van der Waals surface area contributed by atoms with E-state index in [-0.39, 0.29) is 11.4 Å². The van der Waals surface area contributed by atoms with Crippen LogP contribution in [-0.2, 0) is 13.5 Å². The molecule has 8 nitrogen and oxygen atoms in total.